The first-order chi connectivity index (χ1) is 35.3. The largest absolute Gasteiger partial charge is 0.493 e. The molecule has 4 aliphatic heterocycles. The van der Waals surface area contributed by atoms with Crippen molar-refractivity contribution in [3.63, 3.8) is 0 Å². The minimum Gasteiger partial charge on any atom is -0.493 e. The number of ether oxygens (including phenoxy) is 5. The molecular weight excluding hydrogens is 935 g/mol. The van der Waals surface area contributed by atoms with E-state index in [-0.39, 0.29) is 61.8 Å². The van der Waals surface area contributed by atoms with Crippen LogP contribution in [0.2, 0.25) is 0 Å². The number of benzene rings is 5. The lowest BCUT2D eigenvalue weighted by Crippen LogP contribution is -2.50. The SMILES string of the molecule is COC(=O)CCCCC(=O)NC(C)C(=O)NC(C)C(=O)Nc1cc(COc2cc3c(cc2OC)C(=O)N2c4ccccc4C[C@H]2C=N3)cc(COc2cc3c(cc2OC)C(=O)N2c4ccccc4C[C@H]2CN3)c1. The number of esters is 1. The van der Waals surface area contributed by atoms with Crippen molar-refractivity contribution in [1.29, 1.82) is 0 Å². The summed E-state index contributed by atoms with van der Waals surface area (Å²) in [4.78, 5) is 87.3. The molecule has 4 atom stereocenters. The van der Waals surface area contributed by atoms with Gasteiger partial charge in [0, 0.05) is 61.2 Å². The number of para-hydroxylation sites is 2. The Morgan fingerprint density at radius 3 is 1.97 bits per heavy atom. The van der Waals surface area contributed by atoms with Crippen LogP contribution in [0.15, 0.2) is 96.0 Å². The van der Waals surface area contributed by atoms with Crippen LogP contribution in [0.5, 0.6) is 23.0 Å². The van der Waals surface area contributed by atoms with E-state index in [1.165, 1.54) is 35.2 Å². The molecule has 2 unspecified atom stereocenters. The molecule has 18 heteroatoms. The number of aliphatic imine (C=N–C) groups is 1. The maximum atomic E-state index is 14.1. The summed E-state index contributed by atoms with van der Waals surface area (Å²) in [7, 11) is 4.30. The van der Waals surface area contributed by atoms with E-state index in [0.717, 1.165) is 28.9 Å². The molecule has 0 radical (unpaired) electrons. The molecule has 0 saturated heterocycles. The van der Waals surface area contributed by atoms with Crippen molar-refractivity contribution in [2.45, 2.75) is 89.8 Å². The Labute approximate surface area is 422 Å². The van der Waals surface area contributed by atoms with Crippen LogP contribution in [-0.2, 0) is 50.0 Å². The third kappa shape index (κ3) is 10.6. The van der Waals surface area contributed by atoms with E-state index in [9.17, 15) is 28.8 Å². The molecule has 4 aliphatic rings. The van der Waals surface area contributed by atoms with Gasteiger partial charge in [-0.1, -0.05) is 36.4 Å². The molecule has 0 saturated carbocycles. The molecule has 0 bridgehead atoms. The number of methoxy groups -OCH3 is 3. The molecule has 0 aliphatic carbocycles. The summed E-state index contributed by atoms with van der Waals surface area (Å²) in [5.74, 6) is -0.790. The van der Waals surface area contributed by atoms with Gasteiger partial charge in [0.25, 0.3) is 11.8 Å². The molecule has 5 amide bonds. The van der Waals surface area contributed by atoms with Crippen molar-refractivity contribution in [2.75, 3.05) is 48.3 Å². The van der Waals surface area contributed by atoms with Crippen LogP contribution in [-0.4, -0.2) is 93.8 Å². The van der Waals surface area contributed by atoms with Crippen LogP contribution in [0.4, 0.5) is 28.4 Å². The standard InChI is InChI=1S/C55H57N7O11/c1-31(58-50(63)16-10-11-17-51(64)71-5)52(65)59-32(2)53(66)60-37-19-33(29-72-48-25-42-40(23-46(48)69-3)54(67)61-38(27-56-42)21-35-12-6-8-14-44(35)61)18-34(20-37)30-73-49-26-43-41(24-47(49)70-4)55(68)62-39(28-57-43)22-36-13-7-9-15-45(36)62/h6-9,12-15,18-20,23-27,31-32,38-39,57H,10-11,16-17,21-22,28-30H2,1-5H3,(H,58,63)(H,59,65)(H,60,66)/t31?,32?,38-,39-/m0/s1. The van der Waals surface area contributed by atoms with E-state index in [1.54, 1.807) is 47.5 Å². The van der Waals surface area contributed by atoms with Crippen LogP contribution < -0.4 is 50.0 Å². The zero-order chi connectivity index (χ0) is 51.3. The van der Waals surface area contributed by atoms with E-state index in [2.05, 4.69) is 26.0 Å². The number of anilines is 4. The number of fused-ring (bicyclic) bond motifs is 8. The van der Waals surface area contributed by atoms with Gasteiger partial charge in [0.15, 0.2) is 23.0 Å². The number of nitrogens with zero attached hydrogens (tertiary/aromatic N) is 3. The maximum Gasteiger partial charge on any atom is 0.305 e. The Kier molecular flexibility index (Phi) is 14.6. The smallest absolute Gasteiger partial charge is 0.305 e. The quantitative estimate of drug-likeness (QED) is 0.0525. The molecule has 5 aromatic carbocycles. The predicted octanol–water partition coefficient (Wildman–Crippen LogP) is 6.83. The van der Waals surface area contributed by atoms with Gasteiger partial charge in [-0.25, -0.2) is 0 Å². The second kappa shape index (κ2) is 21.5. The van der Waals surface area contributed by atoms with Gasteiger partial charge in [-0.15, -0.1) is 0 Å². The van der Waals surface area contributed by atoms with Gasteiger partial charge in [0.05, 0.1) is 55.9 Å². The first-order valence-electron chi connectivity index (χ1n) is 24.2. The van der Waals surface area contributed by atoms with Crippen LogP contribution in [0.1, 0.15) is 82.5 Å². The number of rotatable bonds is 18. The topological polar surface area (TPSA) is 216 Å². The van der Waals surface area contributed by atoms with E-state index < -0.39 is 23.9 Å². The molecule has 9 rings (SSSR count). The number of hydrogen-bond acceptors (Lipinski definition) is 13. The summed E-state index contributed by atoms with van der Waals surface area (Å²) in [5, 5.41) is 11.7. The van der Waals surface area contributed by atoms with Crippen molar-refractivity contribution >= 4 is 70.2 Å². The number of nitrogens with one attached hydrogen (secondary N) is 4. The molecule has 73 heavy (non-hydrogen) atoms. The lowest BCUT2D eigenvalue weighted by atomic mass is 10.1. The molecule has 378 valence electrons. The number of amides is 5. The molecule has 0 fully saturated rings. The zero-order valence-corrected chi connectivity index (χ0v) is 41.2. The molecule has 5 aromatic rings. The monoisotopic (exact) mass is 991 g/mol. The molecule has 4 N–H and O–H groups in total. The molecule has 0 spiro atoms. The molecular formula is C55H57N7O11. The first-order valence-corrected chi connectivity index (χ1v) is 24.2. The average molecular weight is 992 g/mol. The Morgan fingerprint density at radius 1 is 0.685 bits per heavy atom. The highest BCUT2D eigenvalue weighted by atomic mass is 16.5. The van der Waals surface area contributed by atoms with Gasteiger partial charge < -0.3 is 49.9 Å². The summed E-state index contributed by atoms with van der Waals surface area (Å²) in [6.45, 7) is 3.55. The van der Waals surface area contributed by atoms with Crippen LogP contribution >= 0.6 is 0 Å². The number of unbranched alkanes of at least 4 members (excludes halogenated alkanes) is 1. The fourth-order valence-corrected chi connectivity index (χ4v) is 9.62. The van der Waals surface area contributed by atoms with Crippen molar-refractivity contribution in [1.82, 2.24) is 10.6 Å². The summed E-state index contributed by atoms with van der Waals surface area (Å²) in [6, 6.07) is 25.5. The maximum absolute atomic E-state index is 14.1. The normalized spacial score (nSPS) is 16.6. The minimum atomic E-state index is -1.02. The zero-order valence-electron chi connectivity index (χ0n) is 41.2. The second-order valence-corrected chi connectivity index (χ2v) is 18.4. The van der Waals surface area contributed by atoms with Crippen LogP contribution in [0, 0.1) is 0 Å². The Hall–Kier alpha value is -8.41. The van der Waals surface area contributed by atoms with Crippen molar-refractivity contribution in [3.8, 4) is 23.0 Å². The highest BCUT2D eigenvalue weighted by Crippen LogP contribution is 2.43. The summed E-state index contributed by atoms with van der Waals surface area (Å²) < 4.78 is 29.0. The van der Waals surface area contributed by atoms with Crippen molar-refractivity contribution < 1.29 is 52.5 Å². The lowest BCUT2D eigenvalue weighted by molar-refractivity contribution is -0.140. The van der Waals surface area contributed by atoms with E-state index in [1.807, 2.05) is 59.5 Å². The Morgan fingerprint density at radius 2 is 1.29 bits per heavy atom. The highest BCUT2D eigenvalue weighted by Gasteiger charge is 2.39. The third-order valence-electron chi connectivity index (χ3n) is 13.4. The Bertz CT molecular complexity index is 3030. The van der Waals surface area contributed by atoms with E-state index >= 15 is 0 Å². The number of hydrogen-bond donors (Lipinski definition) is 4. The lowest BCUT2D eigenvalue weighted by Gasteiger charge is -2.22. The summed E-state index contributed by atoms with van der Waals surface area (Å²) >= 11 is 0. The van der Waals surface area contributed by atoms with Gasteiger partial charge in [-0.2, -0.15) is 0 Å². The van der Waals surface area contributed by atoms with Crippen molar-refractivity contribution in [3.05, 3.63) is 124 Å². The summed E-state index contributed by atoms with van der Waals surface area (Å²) in [6.07, 6.45) is 4.36. The van der Waals surface area contributed by atoms with E-state index in [0.29, 0.717) is 88.1 Å². The van der Waals surface area contributed by atoms with Crippen molar-refractivity contribution in [2.24, 2.45) is 4.99 Å². The highest BCUT2D eigenvalue weighted by molar-refractivity contribution is 6.15. The van der Waals surface area contributed by atoms with Crippen LogP contribution in [0.25, 0.3) is 0 Å². The fourth-order valence-electron chi connectivity index (χ4n) is 9.62. The number of carbonyl (C=O) groups is 6. The van der Waals surface area contributed by atoms with E-state index in [4.69, 9.17) is 23.9 Å². The van der Waals surface area contributed by atoms with Gasteiger partial charge >= 0.3 is 5.97 Å². The molecule has 4 heterocycles. The second-order valence-electron chi connectivity index (χ2n) is 18.4. The third-order valence-corrected chi connectivity index (χ3v) is 13.4. The van der Waals surface area contributed by atoms with Gasteiger partial charge in [-0.3, -0.25) is 38.7 Å². The van der Waals surface area contributed by atoms with Gasteiger partial charge in [0.1, 0.15) is 25.3 Å². The minimum absolute atomic E-state index is 0.00604. The first kappa shape index (κ1) is 49.6. The van der Waals surface area contributed by atoms with Crippen LogP contribution in [0.3, 0.4) is 0 Å². The average Bonchev–Trinajstić information content (AvgIpc) is 3.89. The van der Waals surface area contributed by atoms with Gasteiger partial charge in [0.2, 0.25) is 17.7 Å². The van der Waals surface area contributed by atoms with Gasteiger partial charge in [-0.05, 0) is 97.8 Å². The molecule has 0 aromatic heterocycles. The fraction of sp³-hybridized carbons (Fsp3) is 0.327. The predicted molar refractivity (Wildman–Crippen MR) is 274 cm³/mol. The molecule has 18 nitrogen and oxygen atoms in total. The number of carbonyl (C=O) groups excluding carboxylic acids is 6. The Balaban J connectivity index is 0.931. The summed E-state index contributed by atoms with van der Waals surface area (Å²) in [5.41, 5.74) is 7.39.